The first-order valence-corrected chi connectivity index (χ1v) is 6.41. The van der Waals surface area contributed by atoms with Gasteiger partial charge >= 0.3 is 12.1 Å². The van der Waals surface area contributed by atoms with Crippen molar-refractivity contribution < 1.29 is 19.4 Å². The zero-order chi connectivity index (χ0) is 16.2. The first-order chi connectivity index (χ1) is 9.65. The van der Waals surface area contributed by atoms with Crippen molar-refractivity contribution in [1.82, 2.24) is 0 Å². The van der Waals surface area contributed by atoms with Crippen LogP contribution in [0.5, 0.6) is 0 Å². The van der Waals surface area contributed by atoms with Crippen LogP contribution in [0, 0.1) is 11.3 Å². The molecule has 21 heavy (non-hydrogen) atoms. The molecule has 1 atom stereocenters. The van der Waals surface area contributed by atoms with Crippen LogP contribution in [0.2, 0.25) is 0 Å². The first kappa shape index (κ1) is 16.5. The third-order valence-corrected chi connectivity index (χ3v) is 2.61. The molecule has 0 heterocycles. The second kappa shape index (κ2) is 6.27. The van der Waals surface area contributed by atoms with Crippen LogP contribution in [0.4, 0.5) is 10.5 Å². The molecule has 0 bridgehead atoms. The highest BCUT2D eigenvalue weighted by atomic mass is 16.6. The van der Waals surface area contributed by atoms with Crippen LogP contribution in [0.15, 0.2) is 24.3 Å². The molecule has 0 saturated carbocycles. The predicted octanol–water partition coefficient (Wildman–Crippen LogP) is 2.77. The molecule has 1 rings (SSSR count). The summed E-state index contributed by atoms with van der Waals surface area (Å²) < 4.78 is 5.24. The Labute approximate surface area is 123 Å². The molecule has 1 N–H and O–H groups in total. The van der Waals surface area contributed by atoms with E-state index < -0.39 is 23.7 Å². The van der Waals surface area contributed by atoms with E-state index in [0.29, 0.717) is 11.3 Å². The molecular weight excluding hydrogens is 272 g/mol. The lowest BCUT2D eigenvalue weighted by Crippen LogP contribution is -2.46. The average Bonchev–Trinajstić information content (AvgIpc) is 2.37. The van der Waals surface area contributed by atoms with Crippen LogP contribution >= 0.6 is 0 Å². The topological polar surface area (TPSA) is 90.6 Å². The molecule has 0 spiro atoms. The van der Waals surface area contributed by atoms with Gasteiger partial charge in [0.15, 0.2) is 0 Å². The van der Waals surface area contributed by atoms with E-state index in [9.17, 15) is 9.59 Å². The molecule has 1 aromatic rings. The molecule has 0 fully saturated rings. The van der Waals surface area contributed by atoms with E-state index in [1.54, 1.807) is 20.8 Å². The number of carboxylic acid groups (broad SMARTS) is 1. The SMILES string of the molecule is C[C@H](C(=O)O)N(C(=O)OC(C)(C)C)c1ccc(C#N)cc1. The Bertz CT molecular complexity index is 567. The number of aliphatic carboxylic acids is 1. The van der Waals surface area contributed by atoms with Gasteiger partial charge in [-0.3, -0.25) is 4.90 Å². The van der Waals surface area contributed by atoms with Crippen LogP contribution in [0.25, 0.3) is 0 Å². The Kier molecular flexibility index (Phi) is 4.93. The largest absolute Gasteiger partial charge is 0.480 e. The number of amides is 1. The van der Waals surface area contributed by atoms with Gasteiger partial charge in [-0.1, -0.05) is 0 Å². The van der Waals surface area contributed by atoms with E-state index in [2.05, 4.69) is 0 Å². The molecule has 0 aliphatic carbocycles. The van der Waals surface area contributed by atoms with Gasteiger partial charge in [-0.25, -0.2) is 9.59 Å². The van der Waals surface area contributed by atoms with Crippen molar-refractivity contribution in [3.63, 3.8) is 0 Å². The van der Waals surface area contributed by atoms with Gasteiger partial charge in [0.2, 0.25) is 0 Å². The van der Waals surface area contributed by atoms with Gasteiger partial charge in [0.05, 0.1) is 11.6 Å². The highest BCUT2D eigenvalue weighted by molar-refractivity contribution is 5.95. The number of nitrogens with zero attached hydrogens (tertiary/aromatic N) is 2. The number of hydrogen-bond donors (Lipinski definition) is 1. The molecule has 0 saturated heterocycles. The van der Waals surface area contributed by atoms with E-state index in [0.717, 1.165) is 4.90 Å². The Balaban J connectivity index is 3.16. The summed E-state index contributed by atoms with van der Waals surface area (Å²) in [5.74, 6) is -1.15. The summed E-state index contributed by atoms with van der Waals surface area (Å²) in [5, 5.41) is 17.9. The minimum absolute atomic E-state index is 0.359. The van der Waals surface area contributed by atoms with Crippen molar-refractivity contribution in [3.8, 4) is 6.07 Å². The zero-order valence-corrected chi connectivity index (χ0v) is 12.5. The van der Waals surface area contributed by atoms with Gasteiger partial charge in [0.1, 0.15) is 11.6 Å². The highest BCUT2D eigenvalue weighted by Gasteiger charge is 2.31. The minimum atomic E-state index is -1.15. The molecule has 6 heteroatoms. The van der Waals surface area contributed by atoms with E-state index in [1.807, 2.05) is 6.07 Å². The molecule has 0 aromatic heterocycles. The van der Waals surface area contributed by atoms with Gasteiger partial charge in [0, 0.05) is 5.69 Å². The second-order valence-electron chi connectivity index (χ2n) is 5.52. The smallest absolute Gasteiger partial charge is 0.415 e. The first-order valence-electron chi connectivity index (χ1n) is 6.41. The molecule has 0 aliphatic rings. The van der Waals surface area contributed by atoms with E-state index >= 15 is 0 Å². The summed E-state index contributed by atoms with van der Waals surface area (Å²) in [6, 6.07) is 6.93. The molecule has 1 aromatic carbocycles. The summed E-state index contributed by atoms with van der Waals surface area (Å²) in [6.45, 7) is 6.50. The van der Waals surface area contributed by atoms with Crippen molar-refractivity contribution in [2.45, 2.75) is 39.3 Å². The summed E-state index contributed by atoms with van der Waals surface area (Å²) >= 11 is 0. The van der Waals surface area contributed by atoms with Gasteiger partial charge < -0.3 is 9.84 Å². The van der Waals surface area contributed by atoms with Gasteiger partial charge in [-0.05, 0) is 52.0 Å². The minimum Gasteiger partial charge on any atom is -0.480 e. The van der Waals surface area contributed by atoms with Crippen molar-refractivity contribution in [3.05, 3.63) is 29.8 Å². The van der Waals surface area contributed by atoms with Crippen molar-refractivity contribution in [2.75, 3.05) is 4.90 Å². The molecule has 0 aliphatic heterocycles. The van der Waals surface area contributed by atoms with Crippen LogP contribution in [-0.4, -0.2) is 28.8 Å². The maximum atomic E-state index is 12.2. The third-order valence-electron chi connectivity index (χ3n) is 2.61. The Morgan fingerprint density at radius 2 is 1.81 bits per heavy atom. The number of ether oxygens (including phenoxy) is 1. The monoisotopic (exact) mass is 290 g/mol. The fourth-order valence-corrected chi connectivity index (χ4v) is 1.61. The fraction of sp³-hybridized carbons (Fsp3) is 0.400. The summed E-state index contributed by atoms with van der Waals surface area (Å²) in [5.41, 5.74) is 0.0455. The molecular formula is C15H18N2O4. The van der Waals surface area contributed by atoms with E-state index in [4.69, 9.17) is 15.1 Å². The van der Waals surface area contributed by atoms with Gasteiger partial charge in [-0.2, -0.15) is 5.26 Å². The third kappa shape index (κ3) is 4.49. The number of carbonyl (C=O) groups excluding carboxylic acids is 1. The van der Waals surface area contributed by atoms with Gasteiger partial charge in [0.25, 0.3) is 0 Å². The quantitative estimate of drug-likeness (QED) is 0.924. The summed E-state index contributed by atoms with van der Waals surface area (Å²) in [6.07, 6.45) is -0.748. The predicted molar refractivity (Wildman–Crippen MR) is 77.0 cm³/mol. The maximum absolute atomic E-state index is 12.2. The lowest BCUT2D eigenvalue weighted by Gasteiger charge is -2.29. The van der Waals surface area contributed by atoms with Crippen molar-refractivity contribution in [2.24, 2.45) is 0 Å². The van der Waals surface area contributed by atoms with Gasteiger partial charge in [-0.15, -0.1) is 0 Å². The Morgan fingerprint density at radius 1 is 1.29 bits per heavy atom. The zero-order valence-electron chi connectivity index (χ0n) is 12.5. The fourth-order valence-electron chi connectivity index (χ4n) is 1.61. The number of benzene rings is 1. The number of anilines is 1. The number of nitriles is 1. The van der Waals surface area contributed by atoms with E-state index in [-0.39, 0.29) is 0 Å². The van der Waals surface area contributed by atoms with Crippen molar-refractivity contribution >= 4 is 17.7 Å². The number of carbonyl (C=O) groups is 2. The van der Waals surface area contributed by atoms with Crippen LogP contribution in [0.1, 0.15) is 33.3 Å². The Morgan fingerprint density at radius 3 is 2.19 bits per heavy atom. The molecule has 1 amide bonds. The number of rotatable bonds is 3. The summed E-state index contributed by atoms with van der Waals surface area (Å²) in [7, 11) is 0. The van der Waals surface area contributed by atoms with Crippen LogP contribution < -0.4 is 4.90 Å². The van der Waals surface area contributed by atoms with Crippen LogP contribution in [-0.2, 0) is 9.53 Å². The summed E-state index contributed by atoms with van der Waals surface area (Å²) in [4.78, 5) is 24.5. The maximum Gasteiger partial charge on any atom is 0.415 e. The molecule has 6 nitrogen and oxygen atoms in total. The lowest BCUT2D eigenvalue weighted by molar-refractivity contribution is -0.138. The highest BCUT2D eigenvalue weighted by Crippen LogP contribution is 2.21. The lowest BCUT2D eigenvalue weighted by atomic mass is 10.1. The standard InChI is InChI=1S/C15H18N2O4/c1-10(13(18)19)17(14(20)21-15(2,3)4)12-7-5-11(9-16)6-8-12/h5-8,10H,1-4H3,(H,18,19)/t10-/m1/s1. The average molecular weight is 290 g/mol. The molecule has 0 radical (unpaired) electrons. The number of carboxylic acids is 1. The van der Waals surface area contributed by atoms with Crippen molar-refractivity contribution in [1.29, 1.82) is 5.26 Å². The number of hydrogen-bond acceptors (Lipinski definition) is 4. The second-order valence-corrected chi connectivity index (χ2v) is 5.52. The molecule has 112 valence electrons. The van der Waals surface area contributed by atoms with Crippen LogP contribution in [0.3, 0.4) is 0 Å². The molecule has 0 unspecified atom stereocenters. The van der Waals surface area contributed by atoms with E-state index in [1.165, 1.54) is 31.2 Å². The normalized spacial score (nSPS) is 12.1. The Hall–Kier alpha value is -2.55.